The molecule has 0 saturated heterocycles. The number of hydrogen-bond donors (Lipinski definition) is 2. The number of rotatable bonds is 4. The zero-order valence-corrected chi connectivity index (χ0v) is 14.7. The summed E-state index contributed by atoms with van der Waals surface area (Å²) in [6.45, 7) is 1.11. The second kappa shape index (κ2) is 7.43. The molecule has 0 bridgehead atoms. The van der Waals surface area contributed by atoms with Crippen LogP contribution < -0.4 is 10.7 Å². The van der Waals surface area contributed by atoms with Crippen LogP contribution in [0.1, 0.15) is 31.8 Å². The van der Waals surface area contributed by atoms with Gasteiger partial charge in [-0.2, -0.15) is 0 Å². The number of amides is 2. The molecule has 1 aliphatic heterocycles. The number of para-hydroxylation sites is 1. The molecule has 3 aromatic rings. The predicted octanol–water partition coefficient (Wildman–Crippen LogP) is 3.60. The van der Waals surface area contributed by atoms with Gasteiger partial charge in [0, 0.05) is 29.9 Å². The van der Waals surface area contributed by atoms with Crippen molar-refractivity contribution in [2.75, 3.05) is 5.32 Å². The van der Waals surface area contributed by atoms with Crippen LogP contribution in [0.5, 0.6) is 0 Å². The Morgan fingerprint density at radius 2 is 1.63 bits per heavy atom. The van der Waals surface area contributed by atoms with E-state index in [2.05, 4.69) is 10.7 Å². The van der Waals surface area contributed by atoms with Gasteiger partial charge in [0.1, 0.15) is 0 Å². The van der Waals surface area contributed by atoms with Crippen LogP contribution in [0.15, 0.2) is 78.9 Å². The van der Waals surface area contributed by atoms with Gasteiger partial charge in [-0.3, -0.25) is 15.0 Å². The van der Waals surface area contributed by atoms with Gasteiger partial charge < -0.3 is 5.32 Å². The molecule has 27 heavy (non-hydrogen) atoms. The summed E-state index contributed by atoms with van der Waals surface area (Å²) in [7, 11) is 0. The maximum Gasteiger partial charge on any atom is 0.265 e. The van der Waals surface area contributed by atoms with E-state index in [1.807, 2.05) is 71.7 Å². The number of hydrogen-bond acceptors (Lipinski definition) is 3. The molecule has 5 heteroatoms. The van der Waals surface area contributed by atoms with E-state index in [-0.39, 0.29) is 11.8 Å². The third kappa shape index (κ3) is 3.73. The number of carbonyl (C=O) groups is 2. The minimum atomic E-state index is -0.156. The Kier molecular flexibility index (Phi) is 4.68. The van der Waals surface area contributed by atoms with Crippen molar-refractivity contribution >= 4 is 17.5 Å². The lowest BCUT2D eigenvalue weighted by Crippen LogP contribution is -2.45. The van der Waals surface area contributed by atoms with Crippen LogP contribution in [-0.4, -0.2) is 16.8 Å². The highest BCUT2D eigenvalue weighted by Gasteiger charge is 2.22. The predicted molar refractivity (Wildman–Crippen MR) is 104 cm³/mol. The largest absolute Gasteiger partial charge is 0.322 e. The minimum absolute atomic E-state index is 0.109. The van der Waals surface area contributed by atoms with E-state index in [1.54, 1.807) is 12.1 Å². The molecule has 3 aromatic carbocycles. The zero-order chi connectivity index (χ0) is 18.6. The number of benzene rings is 3. The summed E-state index contributed by atoms with van der Waals surface area (Å²) in [6, 6.07) is 24.3. The zero-order valence-electron chi connectivity index (χ0n) is 14.7. The van der Waals surface area contributed by atoms with Crippen LogP contribution >= 0.6 is 0 Å². The molecular weight excluding hydrogens is 338 g/mol. The topological polar surface area (TPSA) is 61.4 Å². The number of nitrogens with zero attached hydrogens (tertiary/aromatic N) is 1. The molecule has 0 spiro atoms. The van der Waals surface area contributed by atoms with E-state index in [9.17, 15) is 9.59 Å². The molecule has 4 rings (SSSR count). The fourth-order valence-corrected chi connectivity index (χ4v) is 3.19. The molecule has 0 saturated carbocycles. The molecule has 0 atom stereocenters. The molecule has 134 valence electrons. The molecule has 0 aromatic heterocycles. The Balaban J connectivity index is 1.52. The molecule has 2 amide bonds. The van der Waals surface area contributed by atoms with Gasteiger partial charge in [0.05, 0.1) is 0 Å². The highest BCUT2D eigenvalue weighted by atomic mass is 16.2. The first-order valence-electron chi connectivity index (χ1n) is 8.79. The number of hydrazine groups is 1. The van der Waals surface area contributed by atoms with Crippen molar-refractivity contribution in [1.29, 1.82) is 0 Å². The van der Waals surface area contributed by atoms with Crippen molar-refractivity contribution in [3.05, 3.63) is 101 Å². The summed E-state index contributed by atoms with van der Waals surface area (Å²) in [4.78, 5) is 24.8. The van der Waals surface area contributed by atoms with Gasteiger partial charge in [-0.05, 0) is 35.4 Å². The summed E-state index contributed by atoms with van der Waals surface area (Å²) in [6.07, 6.45) is 0. The molecule has 0 aliphatic carbocycles. The Morgan fingerprint density at radius 1 is 0.926 bits per heavy atom. The quantitative estimate of drug-likeness (QED) is 0.750. The van der Waals surface area contributed by atoms with Crippen LogP contribution in [0, 0.1) is 0 Å². The molecule has 1 heterocycles. The highest BCUT2D eigenvalue weighted by Crippen LogP contribution is 2.22. The summed E-state index contributed by atoms with van der Waals surface area (Å²) < 4.78 is 0. The fraction of sp³-hybridized carbons (Fsp3) is 0.0909. The monoisotopic (exact) mass is 357 g/mol. The van der Waals surface area contributed by atoms with Crippen LogP contribution in [0.2, 0.25) is 0 Å². The summed E-state index contributed by atoms with van der Waals surface area (Å²) in [5.41, 5.74) is 6.89. The van der Waals surface area contributed by atoms with Gasteiger partial charge in [0.2, 0.25) is 0 Å². The highest BCUT2D eigenvalue weighted by molar-refractivity contribution is 6.04. The lowest BCUT2D eigenvalue weighted by Gasteiger charge is -2.29. The lowest BCUT2D eigenvalue weighted by molar-refractivity contribution is 0.0716. The van der Waals surface area contributed by atoms with Crippen molar-refractivity contribution < 1.29 is 9.59 Å². The third-order valence-corrected chi connectivity index (χ3v) is 4.55. The smallest absolute Gasteiger partial charge is 0.265 e. The van der Waals surface area contributed by atoms with E-state index < -0.39 is 0 Å². The van der Waals surface area contributed by atoms with Crippen molar-refractivity contribution in [2.24, 2.45) is 0 Å². The fourth-order valence-electron chi connectivity index (χ4n) is 3.19. The van der Waals surface area contributed by atoms with Gasteiger partial charge in [-0.1, -0.05) is 54.6 Å². The number of fused-ring (bicyclic) bond motifs is 1. The average Bonchev–Trinajstić information content (AvgIpc) is 2.70. The average molecular weight is 357 g/mol. The van der Waals surface area contributed by atoms with E-state index in [1.165, 1.54) is 0 Å². The van der Waals surface area contributed by atoms with Crippen LogP contribution in [0.25, 0.3) is 0 Å². The second-order valence-corrected chi connectivity index (χ2v) is 6.43. The van der Waals surface area contributed by atoms with E-state index in [0.29, 0.717) is 24.2 Å². The van der Waals surface area contributed by atoms with Gasteiger partial charge in [0.15, 0.2) is 0 Å². The minimum Gasteiger partial charge on any atom is -0.322 e. The van der Waals surface area contributed by atoms with Crippen molar-refractivity contribution in [3.8, 4) is 0 Å². The molecule has 0 fully saturated rings. The van der Waals surface area contributed by atoms with Crippen molar-refractivity contribution in [1.82, 2.24) is 10.4 Å². The third-order valence-electron chi connectivity index (χ3n) is 4.55. The molecular formula is C22H19N3O2. The second-order valence-electron chi connectivity index (χ2n) is 6.43. The first-order chi connectivity index (χ1) is 13.2. The Bertz CT molecular complexity index is 986. The Labute approximate surface area is 157 Å². The van der Waals surface area contributed by atoms with E-state index in [4.69, 9.17) is 0 Å². The van der Waals surface area contributed by atoms with Gasteiger partial charge in [-0.25, -0.2) is 5.01 Å². The van der Waals surface area contributed by atoms with Crippen LogP contribution in [0.4, 0.5) is 5.69 Å². The Morgan fingerprint density at radius 3 is 2.48 bits per heavy atom. The summed E-state index contributed by atoms with van der Waals surface area (Å²) >= 11 is 0. The number of carbonyl (C=O) groups excluding carboxylic acids is 2. The van der Waals surface area contributed by atoms with Crippen molar-refractivity contribution in [2.45, 2.75) is 13.1 Å². The molecule has 1 aliphatic rings. The van der Waals surface area contributed by atoms with Gasteiger partial charge in [0.25, 0.3) is 11.8 Å². The standard InChI is InChI=1S/C22H19N3O2/c26-21(16-8-2-1-3-9-16)23-20-13-7-5-11-18(20)15-25-14-17-10-4-6-12-19(17)22(27)24-25/h1-13H,14-15H2,(H,23,26)(H,24,27). The van der Waals surface area contributed by atoms with E-state index in [0.717, 1.165) is 16.8 Å². The van der Waals surface area contributed by atoms with Crippen LogP contribution in [0.3, 0.4) is 0 Å². The SMILES string of the molecule is O=C(Nc1ccccc1CN1Cc2ccccc2C(=O)N1)c1ccccc1. The van der Waals surface area contributed by atoms with Crippen LogP contribution in [-0.2, 0) is 13.1 Å². The number of nitrogens with one attached hydrogen (secondary N) is 2. The first kappa shape index (κ1) is 17.0. The first-order valence-corrected chi connectivity index (χ1v) is 8.79. The Hall–Kier alpha value is -3.44. The molecule has 5 nitrogen and oxygen atoms in total. The number of anilines is 1. The summed E-state index contributed by atoms with van der Waals surface area (Å²) in [5.74, 6) is -0.265. The van der Waals surface area contributed by atoms with E-state index >= 15 is 0 Å². The maximum atomic E-state index is 12.5. The lowest BCUT2D eigenvalue weighted by atomic mass is 10.0. The molecule has 2 N–H and O–H groups in total. The van der Waals surface area contributed by atoms with Gasteiger partial charge >= 0.3 is 0 Å². The molecule has 0 unspecified atom stereocenters. The van der Waals surface area contributed by atoms with Crippen molar-refractivity contribution in [3.63, 3.8) is 0 Å². The maximum absolute atomic E-state index is 12.5. The normalized spacial score (nSPS) is 13.6. The van der Waals surface area contributed by atoms with Gasteiger partial charge in [-0.15, -0.1) is 0 Å². The summed E-state index contributed by atoms with van der Waals surface area (Å²) in [5, 5.41) is 4.83. The molecule has 0 radical (unpaired) electrons.